The van der Waals surface area contributed by atoms with E-state index in [1.807, 2.05) is 0 Å². The van der Waals surface area contributed by atoms with Gasteiger partial charge in [0.05, 0.1) is 7.11 Å². The maximum atomic E-state index is 14.2. The number of unbranched alkanes of at least 4 members (excludes halogenated alkanes) is 1. The Balaban J connectivity index is 1.96. The Morgan fingerprint density at radius 2 is 2.08 bits per heavy atom. The van der Waals surface area contributed by atoms with Gasteiger partial charge < -0.3 is 15.4 Å². The molecule has 1 heterocycles. The third kappa shape index (κ3) is 5.42. The third-order valence-corrected chi connectivity index (χ3v) is 4.27. The van der Waals surface area contributed by atoms with Crippen molar-refractivity contribution in [2.75, 3.05) is 39.8 Å². The van der Waals surface area contributed by atoms with Crippen molar-refractivity contribution in [1.82, 2.24) is 15.5 Å². The Labute approximate surface area is 141 Å². The molecule has 0 radical (unpaired) electrons. The highest BCUT2D eigenvalue weighted by Crippen LogP contribution is 2.29. The molecule has 1 aliphatic rings. The SMILES string of the molecule is COC(=O)NCCCCC(c1ccc(F)cc1F)N1CCNCC1. The van der Waals surface area contributed by atoms with Crippen LogP contribution in [-0.2, 0) is 4.74 Å². The van der Waals surface area contributed by atoms with Crippen LogP contribution < -0.4 is 10.6 Å². The van der Waals surface area contributed by atoms with Crippen LogP contribution in [0.25, 0.3) is 0 Å². The molecule has 1 fully saturated rings. The van der Waals surface area contributed by atoms with Gasteiger partial charge >= 0.3 is 6.09 Å². The first-order valence-corrected chi connectivity index (χ1v) is 8.33. The number of alkyl carbamates (subject to hydrolysis) is 1. The van der Waals surface area contributed by atoms with E-state index in [9.17, 15) is 13.6 Å². The number of methoxy groups -OCH3 is 1. The molecule has 1 aromatic carbocycles. The van der Waals surface area contributed by atoms with Crippen LogP contribution in [-0.4, -0.2) is 50.8 Å². The summed E-state index contributed by atoms with van der Waals surface area (Å²) in [6.45, 7) is 3.92. The summed E-state index contributed by atoms with van der Waals surface area (Å²) in [6, 6.07) is 3.73. The van der Waals surface area contributed by atoms with Gasteiger partial charge in [-0.2, -0.15) is 0 Å². The molecule has 134 valence electrons. The number of halogens is 2. The number of amides is 1. The van der Waals surface area contributed by atoms with E-state index >= 15 is 0 Å². The highest BCUT2D eigenvalue weighted by Gasteiger charge is 2.24. The van der Waals surface area contributed by atoms with Crippen molar-refractivity contribution in [2.24, 2.45) is 0 Å². The van der Waals surface area contributed by atoms with Crippen LogP contribution in [0.1, 0.15) is 30.9 Å². The molecule has 0 bridgehead atoms. The second-order valence-corrected chi connectivity index (χ2v) is 5.88. The lowest BCUT2D eigenvalue weighted by molar-refractivity contribution is 0.158. The summed E-state index contributed by atoms with van der Waals surface area (Å²) in [7, 11) is 1.33. The van der Waals surface area contributed by atoms with Crippen molar-refractivity contribution >= 4 is 6.09 Å². The second kappa shape index (κ2) is 9.54. The summed E-state index contributed by atoms with van der Waals surface area (Å²) in [5, 5.41) is 5.92. The van der Waals surface area contributed by atoms with Crippen molar-refractivity contribution in [3.8, 4) is 0 Å². The first-order valence-electron chi connectivity index (χ1n) is 8.33. The zero-order valence-corrected chi connectivity index (χ0v) is 14.0. The Kier molecular flexibility index (Phi) is 7.39. The molecule has 2 rings (SSSR count). The third-order valence-electron chi connectivity index (χ3n) is 4.27. The fourth-order valence-electron chi connectivity index (χ4n) is 3.03. The van der Waals surface area contributed by atoms with Crippen molar-refractivity contribution in [3.63, 3.8) is 0 Å². The molecule has 1 atom stereocenters. The number of piperazine rings is 1. The number of nitrogens with one attached hydrogen (secondary N) is 2. The molecular formula is C17H25F2N3O2. The van der Waals surface area contributed by atoms with Gasteiger partial charge in [-0.25, -0.2) is 13.6 Å². The van der Waals surface area contributed by atoms with E-state index in [1.165, 1.54) is 13.2 Å². The molecule has 5 nitrogen and oxygen atoms in total. The molecule has 1 saturated heterocycles. The number of hydrogen-bond acceptors (Lipinski definition) is 4. The van der Waals surface area contributed by atoms with Crippen LogP contribution in [0.5, 0.6) is 0 Å². The molecule has 1 aliphatic heterocycles. The van der Waals surface area contributed by atoms with Crippen LogP contribution in [0, 0.1) is 11.6 Å². The minimum absolute atomic E-state index is 0.0779. The topological polar surface area (TPSA) is 53.6 Å². The minimum Gasteiger partial charge on any atom is -0.453 e. The number of ether oxygens (including phenoxy) is 1. The normalized spacial score (nSPS) is 16.6. The molecule has 7 heteroatoms. The highest BCUT2D eigenvalue weighted by atomic mass is 19.1. The predicted octanol–water partition coefficient (Wildman–Crippen LogP) is 2.44. The van der Waals surface area contributed by atoms with Crippen molar-refractivity contribution in [1.29, 1.82) is 0 Å². The molecule has 2 N–H and O–H groups in total. The molecule has 1 aromatic rings. The van der Waals surface area contributed by atoms with Gasteiger partial charge in [0.15, 0.2) is 0 Å². The minimum atomic E-state index is -0.558. The van der Waals surface area contributed by atoms with E-state index in [0.29, 0.717) is 12.1 Å². The maximum absolute atomic E-state index is 14.2. The predicted molar refractivity (Wildman–Crippen MR) is 87.8 cm³/mol. The Morgan fingerprint density at radius 1 is 1.33 bits per heavy atom. The lowest BCUT2D eigenvalue weighted by atomic mass is 9.98. The van der Waals surface area contributed by atoms with Gasteiger partial charge in [0.1, 0.15) is 11.6 Å². The van der Waals surface area contributed by atoms with E-state index in [1.54, 1.807) is 6.07 Å². The van der Waals surface area contributed by atoms with E-state index in [0.717, 1.165) is 51.5 Å². The average Bonchev–Trinajstić information content (AvgIpc) is 2.59. The molecule has 1 amide bonds. The molecule has 0 aliphatic carbocycles. The van der Waals surface area contributed by atoms with Gasteiger partial charge in [-0.1, -0.05) is 6.07 Å². The number of carbonyl (C=O) groups excluding carboxylic acids is 1. The Bertz CT molecular complexity index is 537. The van der Waals surface area contributed by atoms with Crippen molar-refractivity contribution in [3.05, 3.63) is 35.4 Å². The molecule has 24 heavy (non-hydrogen) atoms. The summed E-state index contributed by atoms with van der Waals surface area (Å²) < 4.78 is 31.9. The number of hydrogen-bond donors (Lipinski definition) is 2. The highest BCUT2D eigenvalue weighted by molar-refractivity contribution is 5.66. The summed E-state index contributed by atoms with van der Waals surface area (Å²) in [4.78, 5) is 13.3. The number of nitrogens with zero attached hydrogens (tertiary/aromatic N) is 1. The van der Waals surface area contributed by atoms with Gasteiger partial charge in [-0.15, -0.1) is 0 Å². The van der Waals surface area contributed by atoms with Crippen molar-refractivity contribution in [2.45, 2.75) is 25.3 Å². The molecule has 0 aromatic heterocycles. The molecule has 1 unspecified atom stereocenters. The summed E-state index contributed by atoms with van der Waals surface area (Å²) in [5.74, 6) is -1.05. The van der Waals surface area contributed by atoms with Gasteiger partial charge in [0.25, 0.3) is 0 Å². The Morgan fingerprint density at radius 3 is 2.75 bits per heavy atom. The van der Waals surface area contributed by atoms with E-state index in [-0.39, 0.29) is 6.04 Å². The lowest BCUT2D eigenvalue weighted by Gasteiger charge is -2.35. The Hall–Kier alpha value is -1.73. The zero-order valence-electron chi connectivity index (χ0n) is 14.0. The number of carbonyl (C=O) groups is 1. The first kappa shape index (κ1) is 18.6. The van der Waals surface area contributed by atoms with Crippen LogP contribution in [0.3, 0.4) is 0 Å². The van der Waals surface area contributed by atoms with E-state index < -0.39 is 17.7 Å². The van der Waals surface area contributed by atoms with E-state index in [4.69, 9.17) is 0 Å². The van der Waals surface area contributed by atoms with Crippen LogP contribution in [0.15, 0.2) is 18.2 Å². The smallest absolute Gasteiger partial charge is 0.406 e. The fourth-order valence-corrected chi connectivity index (χ4v) is 3.03. The maximum Gasteiger partial charge on any atom is 0.406 e. The van der Waals surface area contributed by atoms with Gasteiger partial charge in [-0.05, 0) is 25.3 Å². The quantitative estimate of drug-likeness (QED) is 0.748. The largest absolute Gasteiger partial charge is 0.453 e. The van der Waals surface area contributed by atoms with Gasteiger partial charge in [-0.3, -0.25) is 4.90 Å². The standard InChI is InChI=1S/C17H25F2N3O2/c1-24-17(23)21-7-3-2-4-16(22-10-8-20-9-11-22)14-6-5-13(18)12-15(14)19/h5-6,12,16,20H,2-4,7-11H2,1H3,(H,21,23). The molecular weight excluding hydrogens is 316 g/mol. The molecule has 0 saturated carbocycles. The van der Waals surface area contributed by atoms with Crippen LogP contribution in [0.2, 0.25) is 0 Å². The van der Waals surface area contributed by atoms with E-state index in [2.05, 4.69) is 20.3 Å². The lowest BCUT2D eigenvalue weighted by Crippen LogP contribution is -2.45. The number of benzene rings is 1. The van der Waals surface area contributed by atoms with Crippen molar-refractivity contribution < 1.29 is 18.3 Å². The summed E-state index contributed by atoms with van der Waals surface area (Å²) >= 11 is 0. The van der Waals surface area contributed by atoms with Crippen LogP contribution in [0.4, 0.5) is 13.6 Å². The van der Waals surface area contributed by atoms with Gasteiger partial charge in [0, 0.05) is 50.4 Å². The molecule has 0 spiro atoms. The summed E-state index contributed by atoms with van der Waals surface area (Å²) in [5.41, 5.74) is 0.541. The monoisotopic (exact) mass is 341 g/mol. The zero-order chi connectivity index (χ0) is 17.4. The first-order chi connectivity index (χ1) is 11.6. The fraction of sp³-hybridized carbons (Fsp3) is 0.588. The second-order valence-electron chi connectivity index (χ2n) is 5.88. The van der Waals surface area contributed by atoms with Gasteiger partial charge in [0.2, 0.25) is 0 Å². The summed E-state index contributed by atoms with van der Waals surface area (Å²) in [6.07, 6.45) is 1.92. The number of rotatable bonds is 7. The van der Waals surface area contributed by atoms with Crippen LogP contribution >= 0.6 is 0 Å². The average molecular weight is 341 g/mol.